The van der Waals surface area contributed by atoms with Crippen LogP contribution in [0.25, 0.3) is 27.8 Å². The Kier molecular flexibility index (Phi) is 5.77. The van der Waals surface area contributed by atoms with E-state index in [0.29, 0.717) is 5.56 Å². The second-order valence-electron chi connectivity index (χ2n) is 8.92. The third-order valence-corrected chi connectivity index (χ3v) is 6.74. The molecule has 1 aliphatic rings. The van der Waals surface area contributed by atoms with Crippen molar-refractivity contribution < 1.29 is 5.11 Å². The minimum absolute atomic E-state index is 0.150. The van der Waals surface area contributed by atoms with E-state index in [0.717, 1.165) is 59.8 Å². The Bertz CT molecular complexity index is 1340. The summed E-state index contributed by atoms with van der Waals surface area (Å²) in [7, 11) is 1.89. The Morgan fingerprint density at radius 1 is 0.971 bits per heavy atom. The van der Waals surface area contributed by atoms with Gasteiger partial charge < -0.3 is 10.0 Å². The van der Waals surface area contributed by atoms with Crippen molar-refractivity contribution in [1.29, 1.82) is 5.26 Å². The van der Waals surface area contributed by atoms with Gasteiger partial charge >= 0.3 is 0 Å². The molecule has 9 nitrogen and oxygen atoms in total. The normalized spacial score (nSPS) is 16.5. The lowest BCUT2D eigenvalue weighted by molar-refractivity contribution is 0.0671. The zero-order valence-corrected chi connectivity index (χ0v) is 19.6. The van der Waals surface area contributed by atoms with Gasteiger partial charge in [-0.25, -0.2) is 9.50 Å². The zero-order chi connectivity index (χ0) is 23.8. The number of hydrogen-bond acceptors (Lipinski definition) is 7. The van der Waals surface area contributed by atoms with Crippen molar-refractivity contribution in [3.8, 4) is 28.3 Å². The molecule has 0 aliphatic carbocycles. The number of fused-ring (bicyclic) bond motifs is 1. The molecular formula is C25H28N8O. The summed E-state index contributed by atoms with van der Waals surface area (Å²) in [5.41, 5.74) is 5.08. The molecule has 5 heterocycles. The summed E-state index contributed by atoms with van der Waals surface area (Å²) in [6, 6.07) is 8.58. The lowest BCUT2D eigenvalue weighted by atomic mass is 10.0. The van der Waals surface area contributed by atoms with Gasteiger partial charge in [0.2, 0.25) is 0 Å². The van der Waals surface area contributed by atoms with Crippen LogP contribution in [0.4, 0.5) is 5.82 Å². The summed E-state index contributed by atoms with van der Waals surface area (Å²) in [6.07, 6.45) is 8.83. The molecule has 174 valence electrons. The molecule has 0 amide bonds. The molecular weight excluding hydrogens is 428 g/mol. The Hall–Kier alpha value is -3.74. The second kappa shape index (κ2) is 8.89. The number of anilines is 1. The maximum atomic E-state index is 9.89. The lowest BCUT2D eigenvalue weighted by Crippen LogP contribution is -2.52. The van der Waals surface area contributed by atoms with Crippen LogP contribution in [-0.4, -0.2) is 72.7 Å². The summed E-state index contributed by atoms with van der Waals surface area (Å²) in [6.45, 7) is 7.43. The highest BCUT2D eigenvalue weighted by atomic mass is 16.3. The van der Waals surface area contributed by atoms with Crippen molar-refractivity contribution in [2.45, 2.75) is 26.0 Å². The van der Waals surface area contributed by atoms with Gasteiger partial charge in [-0.05, 0) is 32.0 Å². The molecule has 1 saturated heterocycles. The van der Waals surface area contributed by atoms with Crippen LogP contribution in [0.3, 0.4) is 0 Å². The van der Waals surface area contributed by atoms with Crippen molar-refractivity contribution in [3.05, 3.63) is 54.7 Å². The maximum Gasteiger partial charge on any atom is 0.128 e. The van der Waals surface area contributed by atoms with Crippen LogP contribution < -0.4 is 4.90 Å². The van der Waals surface area contributed by atoms with Gasteiger partial charge in [0.1, 0.15) is 11.9 Å². The molecule has 0 radical (unpaired) electrons. The number of rotatable bonds is 5. The zero-order valence-electron chi connectivity index (χ0n) is 19.6. The van der Waals surface area contributed by atoms with Crippen LogP contribution in [0.15, 0.2) is 49.2 Å². The van der Waals surface area contributed by atoms with Crippen molar-refractivity contribution in [3.63, 3.8) is 0 Å². The standard InChI is InChI=1S/C25H28N8O/c1-17(18(2)34)31-6-8-32(9-7-31)24-5-4-19(12-27-24)23-10-20(22-14-28-30(3)15-22)16-33-25(23)21(11-26)13-29-33/h4-5,10,12-18,34H,6-9H2,1-3H3/t17-,18-/m0/s1. The van der Waals surface area contributed by atoms with E-state index in [-0.39, 0.29) is 12.1 Å². The van der Waals surface area contributed by atoms with E-state index in [2.05, 4.69) is 45.1 Å². The molecule has 1 N–H and O–H groups in total. The largest absolute Gasteiger partial charge is 0.392 e. The molecule has 5 rings (SSSR count). The van der Waals surface area contributed by atoms with E-state index in [9.17, 15) is 10.4 Å². The number of aromatic nitrogens is 5. The average molecular weight is 457 g/mol. The van der Waals surface area contributed by atoms with Crippen LogP contribution in [0.5, 0.6) is 0 Å². The van der Waals surface area contributed by atoms with E-state index in [4.69, 9.17) is 4.98 Å². The molecule has 0 spiro atoms. The van der Waals surface area contributed by atoms with E-state index < -0.39 is 0 Å². The SMILES string of the molecule is C[C@H](O)[C@H](C)N1CCN(c2ccc(-c3cc(-c4cnn(C)c4)cn4ncc(C#N)c34)cn2)CC1. The van der Waals surface area contributed by atoms with Gasteiger partial charge in [0.25, 0.3) is 0 Å². The van der Waals surface area contributed by atoms with Gasteiger partial charge in [-0.1, -0.05) is 0 Å². The Morgan fingerprint density at radius 3 is 2.38 bits per heavy atom. The molecule has 0 saturated carbocycles. The predicted octanol–water partition coefficient (Wildman–Crippen LogP) is 2.56. The fraction of sp³-hybridized carbons (Fsp3) is 0.360. The number of aliphatic hydroxyl groups excluding tert-OH is 1. The van der Waals surface area contributed by atoms with Crippen LogP contribution in [-0.2, 0) is 7.05 Å². The molecule has 0 aromatic carbocycles. The fourth-order valence-electron chi connectivity index (χ4n) is 4.55. The fourth-order valence-corrected chi connectivity index (χ4v) is 4.55. The number of hydrogen-bond donors (Lipinski definition) is 1. The first kappa shape index (κ1) is 22.1. The lowest BCUT2D eigenvalue weighted by Gasteiger charge is -2.39. The van der Waals surface area contributed by atoms with Gasteiger partial charge in [-0.2, -0.15) is 15.5 Å². The summed E-state index contributed by atoms with van der Waals surface area (Å²) in [5, 5.41) is 28.2. The number of pyridine rings is 2. The van der Waals surface area contributed by atoms with Crippen LogP contribution >= 0.6 is 0 Å². The van der Waals surface area contributed by atoms with Crippen molar-refractivity contribution >= 4 is 11.3 Å². The molecule has 0 unspecified atom stereocenters. The number of aryl methyl sites for hydroxylation is 1. The highest BCUT2D eigenvalue weighted by Crippen LogP contribution is 2.32. The van der Waals surface area contributed by atoms with Crippen molar-refractivity contribution in [2.75, 3.05) is 31.1 Å². The quantitative estimate of drug-likeness (QED) is 0.493. The number of aliphatic hydroxyl groups is 1. The van der Waals surface area contributed by atoms with Gasteiger partial charge in [0, 0.05) is 80.1 Å². The average Bonchev–Trinajstić information content (AvgIpc) is 3.49. The van der Waals surface area contributed by atoms with Crippen molar-refractivity contribution in [2.24, 2.45) is 7.05 Å². The smallest absolute Gasteiger partial charge is 0.128 e. The highest BCUT2D eigenvalue weighted by Gasteiger charge is 2.24. The highest BCUT2D eigenvalue weighted by molar-refractivity contribution is 5.87. The first-order valence-electron chi connectivity index (χ1n) is 11.5. The molecule has 1 aliphatic heterocycles. The third kappa shape index (κ3) is 4.02. The molecule has 2 atom stereocenters. The number of nitrogens with zero attached hydrogens (tertiary/aromatic N) is 8. The summed E-state index contributed by atoms with van der Waals surface area (Å²) < 4.78 is 3.52. The monoisotopic (exact) mass is 456 g/mol. The third-order valence-electron chi connectivity index (χ3n) is 6.74. The van der Waals surface area contributed by atoms with Crippen molar-refractivity contribution in [1.82, 2.24) is 29.3 Å². The predicted molar refractivity (Wildman–Crippen MR) is 130 cm³/mol. The first-order valence-corrected chi connectivity index (χ1v) is 11.5. The minimum atomic E-state index is -0.343. The molecule has 4 aromatic heterocycles. The molecule has 34 heavy (non-hydrogen) atoms. The topological polar surface area (TPSA) is 98.5 Å². The number of nitriles is 1. The maximum absolute atomic E-state index is 9.89. The van der Waals surface area contributed by atoms with E-state index in [1.165, 1.54) is 0 Å². The van der Waals surface area contributed by atoms with Gasteiger partial charge in [-0.3, -0.25) is 9.58 Å². The summed E-state index contributed by atoms with van der Waals surface area (Å²) >= 11 is 0. The molecule has 9 heteroatoms. The van der Waals surface area contributed by atoms with E-state index in [1.807, 2.05) is 44.8 Å². The molecule has 4 aromatic rings. The molecule has 1 fully saturated rings. The molecule has 0 bridgehead atoms. The minimum Gasteiger partial charge on any atom is -0.392 e. The second-order valence-corrected chi connectivity index (χ2v) is 8.92. The summed E-state index contributed by atoms with van der Waals surface area (Å²) in [4.78, 5) is 9.36. The summed E-state index contributed by atoms with van der Waals surface area (Å²) in [5.74, 6) is 0.932. The number of piperazine rings is 1. The van der Waals surface area contributed by atoms with E-state index in [1.54, 1.807) is 15.4 Å². The van der Waals surface area contributed by atoms with Gasteiger partial charge in [-0.15, -0.1) is 0 Å². The van der Waals surface area contributed by atoms with Crippen LogP contribution in [0.2, 0.25) is 0 Å². The first-order chi connectivity index (χ1) is 16.4. The Labute approximate surface area is 198 Å². The Morgan fingerprint density at radius 2 is 1.76 bits per heavy atom. The van der Waals surface area contributed by atoms with Gasteiger partial charge in [0.15, 0.2) is 0 Å². The van der Waals surface area contributed by atoms with Crippen LogP contribution in [0, 0.1) is 11.3 Å². The van der Waals surface area contributed by atoms with E-state index >= 15 is 0 Å². The van der Waals surface area contributed by atoms with Gasteiger partial charge in [0.05, 0.1) is 29.6 Å². The van der Waals surface area contributed by atoms with Crippen LogP contribution in [0.1, 0.15) is 19.4 Å². The Balaban J connectivity index is 1.45.